The first-order valence-corrected chi connectivity index (χ1v) is 7.15. The SMILES string of the molecule is Cc1nn(-c2ccccc2)c(C)c1-c1cnc2ccnn2c1. The van der Waals surface area contributed by atoms with Crippen LogP contribution in [0.25, 0.3) is 22.5 Å². The number of hydrogen-bond acceptors (Lipinski definition) is 3. The average Bonchev–Trinajstić information content (AvgIpc) is 3.12. The molecular formula is C17H15N5. The molecule has 0 aliphatic carbocycles. The van der Waals surface area contributed by atoms with Gasteiger partial charge in [-0.25, -0.2) is 14.2 Å². The van der Waals surface area contributed by atoms with E-state index in [0.717, 1.165) is 33.8 Å². The number of nitrogens with zero attached hydrogens (tertiary/aromatic N) is 5. The molecule has 4 rings (SSSR count). The van der Waals surface area contributed by atoms with Crippen molar-refractivity contribution in [2.45, 2.75) is 13.8 Å². The van der Waals surface area contributed by atoms with Gasteiger partial charge < -0.3 is 0 Å². The zero-order chi connectivity index (χ0) is 15.1. The zero-order valence-corrected chi connectivity index (χ0v) is 12.4. The number of aromatic nitrogens is 5. The third-order valence-corrected chi connectivity index (χ3v) is 3.83. The minimum Gasteiger partial charge on any atom is -0.237 e. The molecule has 0 atom stereocenters. The summed E-state index contributed by atoms with van der Waals surface area (Å²) < 4.78 is 3.76. The largest absolute Gasteiger partial charge is 0.237 e. The van der Waals surface area contributed by atoms with Crippen molar-refractivity contribution in [1.82, 2.24) is 24.4 Å². The van der Waals surface area contributed by atoms with Gasteiger partial charge in [0.2, 0.25) is 0 Å². The Labute approximate surface area is 127 Å². The van der Waals surface area contributed by atoms with Crippen molar-refractivity contribution in [3.05, 3.63) is 66.4 Å². The Balaban J connectivity index is 1.90. The van der Waals surface area contributed by atoms with Crippen LogP contribution in [0.2, 0.25) is 0 Å². The molecule has 0 bridgehead atoms. The molecule has 0 spiro atoms. The Hall–Kier alpha value is -2.95. The average molecular weight is 289 g/mol. The Morgan fingerprint density at radius 3 is 2.64 bits per heavy atom. The fourth-order valence-corrected chi connectivity index (χ4v) is 2.82. The van der Waals surface area contributed by atoms with Crippen LogP contribution in [0.1, 0.15) is 11.4 Å². The molecule has 0 fully saturated rings. The van der Waals surface area contributed by atoms with Gasteiger partial charge in [-0.15, -0.1) is 0 Å². The van der Waals surface area contributed by atoms with Crippen LogP contribution in [0.4, 0.5) is 0 Å². The van der Waals surface area contributed by atoms with Crippen LogP contribution in [-0.2, 0) is 0 Å². The lowest BCUT2D eigenvalue weighted by Gasteiger charge is -2.05. The van der Waals surface area contributed by atoms with E-state index < -0.39 is 0 Å². The lowest BCUT2D eigenvalue weighted by molar-refractivity contribution is 0.834. The van der Waals surface area contributed by atoms with Gasteiger partial charge in [-0.05, 0) is 26.0 Å². The highest BCUT2D eigenvalue weighted by Crippen LogP contribution is 2.28. The van der Waals surface area contributed by atoms with Gasteiger partial charge in [0.05, 0.1) is 17.6 Å². The van der Waals surface area contributed by atoms with Gasteiger partial charge in [0, 0.05) is 35.3 Å². The van der Waals surface area contributed by atoms with E-state index in [1.54, 1.807) is 10.7 Å². The zero-order valence-electron chi connectivity index (χ0n) is 12.4. The molecule has 0 amide bonds. The molecular weight excluding hydrogens is 274 g/mol. The van der Waals surface area contributed by atoms with E-state index in [0.29, 0.717) is 0 Å². The molecule has 4 aromatic rings. The first-order valence-electron chi connectivity index (χ1n) is 7.15. The Kier molecular flexibility index (Phi) is 2.79. The Morgan fingerprint density at radius 1 is 1.00 bits per heavy atom. The van der Waals surface area contributed by atoms with Crippen molar-refractivity contribution in [3.8, 4) is 16.8 Å². The quantitative estimate of drug-likeness (QED) is 0.569. The molecule has 0 radical (unpaired) electrons. The number of aryl methyl sites for hydroxylation is 1. The van der Waals surface area contributed by atoms with Crippen molar-refractivity contribution in [2.75, 3.05) is 0 Å². The van der Waals surface area contributed by atoms with Gasteiger partial charge in [-0.3, -0.25) is 0 Å². The number of fused-ring (bicyclic) bond motifs is 1. The van der Waals surface area contributed by atoms with Gasteiger partial charge >= 0.3 is 0 Å². The highest BCUT2D eigenvalue weighted by atomic mass is 15.3. The predicted molar refractivity (Wildman–Crippen MR) is 85.0 cm³/mol. The molecule has 22 heavy (non-hydrogen) atoms. The molecule has 0 unspecified atom stereocenters. The normalized spacial score (nSPS) is 11.2. The second-order valence-corrected chi connectivity index (χ2v) is 5.27. The van der Waals surface area contributed by atoms with E-state index in [4.69, 9.17) is 0 Å². The molecule has 0 aliphatic rings. The van der Waals surface area contributed by atoms with Crippen LogP contribution in [-0.4, -0.2) is 24.4 Å². The summed E-state index contributed by atoms with van der Waals surface area (Å²) in [6.07, 6.45) is 5.62. The number of para-hydroxylation sites is 1. The van der Waals surface area contributed by atoms with E-state index in [1.165, 1.54) is 0 Å². The highest BCUT2D eigenvalue weighted by Gasteiger charge is 2.15. The predicted octanol–water partition coefficient (Wildman–Crippen LogP) is 3.20. The topological polar surface area (TPSA) is 48.0 Å². The van der Waals surface area contributed by atoms with Crippen molar-refractivity contribution >= 4 is 5.65 Å². The van der Waals surface area contributed by atoms with Crippen LogP contribution < -0.4 is 0 Å². The summed E-state index contributed by atoms with van der Waals surface area (Å²) in [4.78, 5) is 4.45. The summed E-state index contributed by atoms with van der Waals surface area (Å²) in [5.74, 6) is 0. The second-order valence-electron chi connectivity index (χ2n) is 5.27. The summed E-state index contributed by atoms with van der Waals surface area (Å²) >= 11 is 0. The number of rotatable bonds is 2. The molecule has 108 valence electrons. The highest BCUT2D eigenvalue weighted by molar-refractivity contribution is 5.68. The number of benzene rings is 1. The third-order valence-electron chi connectivity index (χ3n) is 3.83. The Bertz CT molecular complexity index is 950. The van der Waals surface area contributed by atoms with Gasteiger partial charge in [-0.2, -0.15) is 10.2 Å². The van der Waals surface area contributed by atoms with Gasteiger partial charge in [-0.1, -0.05) is 18.2 Å². The van der Waals surface area contributed by atoms with Crippen LogP contribution >= 0.6 is 0 Å². The smallest absolute Gasteiger partial charge is 0.154 e. The summed E-state index contributed by atoms with van der Waals surface area (Å²) in [5.41, 5.74) is 6.10. The summed E-state index contributed by atoms with van der Waals surface area (Å²) in [7, 11) is 0. The molecule has 0 N–H and O–H groups in total. The van der Waals surface area contributed by atoms with Crippen molar-refractivity contribution in [2.24, 2.45) is 0 Å². The molecule has 1 aromatic carbocycles. The minimum atomic E-state index is 0.842. The van der Waals surface area contributed by atoms with Crippen LogP contribution in [0.15, 0.2) is 55.0 Å². The minimum absolute atomic E-state index is 0.842. The summed E-state index contributed by atoms with van der Waals surface area (Å²) in [5, 5.41) is 8.94. The molecule has 3 aromatic heterocycles. The van der Waals surface area contributed by atoms with Crippen molar-refractivity contribution in [3.63, 3.8) is 0 Å². The van der Waals surface area contributed by atoms with E-state index in [1.807, 2.05) is 48.3 Å². The van der Waals surface area contributed by atoms with Gasteiger partial charge in [0.1, 0.15) is 0 Å². The first-order chi connectivity index (χ1) is 10.7. The molecule has 5 nitrogen and oxygen atoms in total. The number of hydrogen-bond donors (Lipinski definition) is 0. The van der Waals surface area contributed by atoms with Gasteiger partial charge in [0.15, 0.2) is 5.65 Å². The molecule has 0 saturated carbocycles. The maximum atomic E-state index is 4.68. The second kappa shape index (κ2) is 4.80. The lowest BCUT2D eigenvalue weighted by Crippen LogP contribution is -1.98. The summed E-state index contributed by atoms with van der Waals surface area (Å²) in [6, 6.07) is 12.0. The maximum Gasteiger partial charge on any atom is 0.154 e. The molecule has 5 heteroatoms. The lowest BCUT2D eigenvalue weighted by atomic mass is 10.1. The van der Waals surface area contributed by atoms with E-state index >= 15 is 0 Å². The van der Waals surface area contributed by atoms with Crippen LogP contribution in [0, 0.1) is 13.8 Å². The molecule has 3 heterocycles. The van der Waals surface area contributed by atoms with Crippen molar-refractivity contribution < 1.29 is 0 Å². The van der Waals surface area contributed by atoms with Crippen LogP contribution in [0.3, 0.4) is 0 Å². The van der Waals surface area contributed by atoms with E-state index in [-0.39, 0.29) is 0 Å². The van der Waals surface area contributed by atoms with Crippen molar-refractivity contribution in [1.29, 1.82) is 0 Å². The van der Waals surface area contributed by atoms with Crippen LogP contribution in [0.5, 0.6) is 0 Å². The fraction of sp³-hybridized carbons (Fsp3) is 0.118. The monoisotopic (exact) mass is 289 g/mol. The summed E-state index contributed by atoms with van der Waals surface area (Å²) in [6.45, 7) is 4.10. The standard InChI is InChI=1S/C17H15N5/c1-12-17(14-10-18-16-8-9-19-21(16)11-14)13(2)22(20-12)15-6-4-3-5-7-15/h3-11H,1-2H3. The molecule has 0 aliphatic heterocycles. The fourth-order valence-electron chi connectivity index (χ4n) is 2.82. The third kappa shape index (κ3) is 1.90. The molecule has 0 saturated heterocycles. The van der Waals surface area contributed by atoms with E-state index in [9.17, 15) is 0 Å². The van der Waals surface area contributed by atoms with Gasteiger partial charge in [0.25, 0.3) is 0 Å². The Morgan fingerprint density at radius 2 is 1.82 bits per heavy atom. The maximum absolute atomic E-state index is 4.68. The van der Waals surface area contributed by atoms with E-state index in [2.05, 4.69) is 34.2 Å². The first kappa shape index (κ1) is 12.8.